The Morgan fingerprint density at radius 2 is 1.93 bits per heavy atom. The Hall–Kier alpha value is -1.48. The van der Waals surface area contributed by atoms with Gasteiger partial charge in [0.2, 0.25) is 0 Å². The molecule has 2 heterocycles. The van der Waals surface area contributed by atoms with Crippen molar-refractivity contribution in [2.75, 3.05) is 5.75 Å². The van der Waals surface area contributed by atoms with Crippen LogP contribution in [-0.2, 0) is 0 Å². The molecule has 0 unspecified atom stereocenters. The Kier molecular flexibility index (Phi) is 1.92. The Labute approximate surface area is 91.9 Å². The van der Waals surface area contributed by atoms with E-state index in [-0.39, 0.29) is 5.78 Å². The highest BCUT2D eigenvalue weighted by atomic mass is 32.2. The van der Waals surface area contributed by atoms with Gasteiger partial charge in [-0.15, -0.1) is 11.8 Å². The number of fused-ring (bicyclic) bond motifs is 1. The maximum atomic E-state index is 11.7. The average Bonchev–Trinajstić information content (AvgIpc) is 2.84. The van der Waals surface area contributed by atoms with Crippen LogP contribution in [0.1, 0.15) is 10.5 Å². The van der Waals surface area contributed by atoms with Crippen LogP contribution in [0.5, 0.6) is 0 Å². The standard InChI is InChI=1S/C12H9NOS/c14-10-8-15-11-6-7-13(12(10)11)9-4-2-1-3-5-9/h1-7H,8H2. The van der Waals surface area contributed by atoms with Gasteiger partial charge >= 0.3 is 0 Å². The van der Waals surface area contributed by atoms with Gasteiger partial charge in [0.1, 0.15) is 5.69 Å². The number of rotatable bonds is 1. The largest absolute Gasteiger partial charge is 0.313 e. The molecule has 0 spiro atoms. The van der Waals surface area contributed by atoms with Gasteiger partial charge < -0.3 is 4.57 Å². The summed E-state index contributed by atoms with van der Waals surface area (Å²) in [5.41, 5.74) is 1.89. The summed E-state index contributed by atoms with van der Waals surface area (Å²) in [7, 11) is 0. The van der Waals surface area contributed by atoms with Gasteiger partial charge in [-0.25, -0.2) is 0 Å². The Bertz CT molecular complexity index is 516. The Morgan fingerprint density at radius 1 is 1.13 bits per heavy atom. The van der Waals surface area contributed by atoms with Crippen LogP contribution in [0.4, 0.5) is 0 Å². The van der Waals surface area contributed by atoms with Gasteiger partial charge in [0.05, 0.1) is 5.75 Å². The van der Waals surface area contributed by atoms with Gasteiger partial charge in [-0.2, -0.15) is 0 Å². The van der Waals surface area contributed by atoms with Crippen molar-refractivity contribution in [1.82, 2.24) is 4.57 Å². The fourth-order valence-corrected chi connectivity index (χ4v) is 2.75. The molecule has 0 radical (unpaired) electrons. The van der Waals surface area contributed by atoms with E-state index in [2.05, 4.69) is 0 Å². The lowest BCUT2D eigenvalue weighted by atomic mass is 10.3. The van der Waals surface area contributed by atoms with Gasteiger partial charge in [0.15, 0.2) is 5.78 Å². The van der Waals surface area contributed by atoms with Crippen molar-refractivity contribution >= 4 is 17.5 Å². The average molecular weight is 215 g/mol. The molecule has 0 fully saturated rings. The lowest BCUT2D eigenvalue weighted by molar-refractivity contribution is 0.101. The second-order valence-corrected chi connectivity index (χ2v) is 4.46. The number of ketones is 1. The van der Waals surface area contributed by atoms with Crippen LogP contribution in [0.3, 0.4) is 0 Å². The van der Waals surface area contributed by atoms with Crippen molar-refractivity contribution in [2.24, 2.45) is 0 Å². The van der Waals surface area contributed by atoms with Crippen molar-refractivity contribution < 1.29 is 4.79 Å². The van der Waals surface area contributed by atoms with Gasteiger partial charge in [0.25, 0.3) is 0 Å². The molecule has 0 saturated carbocycles. The number of para-hydroxylation sites is 1. The maximum Gasteiger partial charge on any atom is 0.190 e. The summed E-state index contributed by atoms with van der Waals surface area (Å²) in [4.78, 5) is 12.8. The summed E-state index contributed by atoms with van der Waals surface area (Å²) < 4.78 is 1.97. The van der Waals surface area contributed by atoms with Crippen LogP contribution in [0, 0.1) is 0 Å². The van der Waals surface area contributed by atoms with Gasteiger partial charge in [-0.1, -0.05) is 18.2 Å². The fraction of sp³-hybridized carbons (Fsp3) is 0.0833. The molecule has 1 aliphatic rings. The molecule has 0 aliphatic carbocycles. The molecule has 0 atom stereocenters. The highest BCUT2D eigenvalue weighted by Gasteiger charge is 2.24. The minimum Gasteiger partial charge on any atom is -0.313 e. The zero-order valence-electron chi connectivity index (χ0n) is 8.01. The van der Waals surface area contributed by atoms with E-state index in [0.29, 0.717) is 5.75 Å². The number of Topliss-reactive ketones (excluding diaryl/α,β-unsaturated/α-hetero) is 1. The summed E-state index contributed by atoms with van der Waals surface area (Å²) in [6.07, 6.45) is 1.96. The first kappa shape index (κ1) is 8.80. The van der Waals surface area contributed by atoms with Crippen molar-refractivity contribution in [1.29, 1.82) is 0 Å². The van der Waals surface area contributed by atoms with Gasteiger partial charge in [-0.3, -0.25) is 4.79 Å². The third-order valence-corrected chi connectivity index (χ3v) is 3.55. The third-order valence-electron chi connectivity index (χ3n) is 2.51. The predicted octanol–water partition coefficient (Wildman–Crippen LogP) is 2.77. The van der Waals surface area contributed by atoms with Crippen LogP contribution in [0.2, 0.25) is 0 Å². The van der Waals surface area contributed by atoms with E-state index >= 15 is 0 Å². The van der Waals surface area contributed by atoms with Crippen molar-refractivity contribution in [3.05, 3.63) is 48.3 Å². The number of hydrogen-bond acceptors (Lipinski definition) is 2. The smallest absolute Gasteiger partial charge is 0.190 e. The number of thioether (sulfide) groups is 1. The second kappa shape index (κ2) is 3.28. The molecule has 0 N–H and O–H groups in total. The molecule has 2 aromatic rings. The zero-order chi connectivity index (χ0) is 10.3. The summed E-state index contributed by atoms with van der Waals surface area (Å²) >= 11 is 1.62. The summed E-state index contributed by atoms with van der Waals surface area (Å²) in [6, 6.07) is 12.0. The topological polar surface area (TPSA) is 22.0 Å². The van der Waals surface area contributed by atoms with E-state index < -0.39 is 0 Å². The fourth-order valence-electron chi connectivity index (χ4n) is 1.82. The van der Waals surface area contributed by atoms with Crippen LogP contribution in [0.15, 0.2) is 47.5 Å². The SMILES string of the molecule is O=C1CSc2ccn(-c3ccccc3)c21. The molecule has 3 rings (SSSR count). The lowest BCUT2D eigenvalue weighted by Crippen LogP contribution is -2.04. The number of aromatic nitrogens is 1. The summed E-state index contributed by atoms with van der Waals surface area (Å²) in [6.45, 7) is 0. The molecule has 0 amide bonds. The van der Waals surface area contributed by atoms with Crippen LogP contribution >= 0.6 is 11.8 Å². The Morgan fingerprint density at radius 3 is 2.73 bits per heavy atom. The first-order chi connectivity index (χ1) is 7.36. The summed E-state index contributed by atoms with van der Waals surface area (Å²) in [5.74, 6) is 0.807. The molecule has 2 nitrogen and oxygen atoms in total. The first-order valence-electron chi connectivity index (χ1n) is 4.79. The van der Waals surface area contributed by atoms with E-state index in [1.807, 2.05) is 47.2 Å². The minimum atomic E-state index is 0.226. The number of nitrogens with zero attached hydrogens (tertiary/aromatic N) is 1. The molecule has 0 bridgehead atoms. The van der Waals surface area contributed by atoms with E-state index in [0.717, 1.165) is 16.3 Å². The first-order valence-corrected chi connectivity index (χ1v) is 5.77. The zero-order valence-corrected chi connectivity index (χ0v) is 8.83. The molecule has 0 saturated heterocycles. The number of hydrogen-bond donors (Lipinski definition) is 0. The van der Waals surface area contributed by atoms with E-state index in [1.54, 1.807) is 11.8 Å². The van der Waals surface area contributed by atoms with Gasteiger partial charge in [0, 0.05) is 16.8 Å². The van der Waals surface area contributed by atoms with Crippen LogP contribution in [0.25, 0.3) is 5.69 Å². The molecule has 1 aromatic heterocycles. The molecule has 3 heteroatoms. The van der Waals surface area contributed by atoms with E-state index in [9.17, 15) is 4.79 Å². The molecular weight excluding hydrogens is 206 g/mol. The third kappa shape index (κ3) is 1.31. The van der Waals surface area contributed by atoms with Crippen molar-refractivity contribution in [3.63, 3.8) is 0 Å². The highest BCUT2D eigenvalue weighted by molar-refractivity contribution is 8.00. The monoisotopic (exact) mass is 215 g/mol. The number of benzene rings is 1. The highest BCUT2D eigenvalue weighted by Crippen LogP contribution is 2.33. The lowest BCUT2D eigenvalue weighted by Gasteiger charge is -2.05. The number of carbonyl (C=O) groups is 1. The summed E-state index contributed by atoms with van der Waals surface area (Å²) in [5, 5.41) is 0. The van der Waals surface area contributed by atoms with Crippen LogP contribution in [-0.4, -0.2) is 16.1 Å². The van der Waals surface area contributed by atoms with Gasteiger partial charge in [-0.05, 0) is 18.2 Å². The quantitative estimate of drug-likeness (QED) is 0.729. The second-order valence-electron chi connectivity index (χ2n) is 3.45. The van der Waals surface area contributed by atoms with Crippen molar-refractivity contribution in [2.45, 2.75) is 4.90 Å². The molecule has 1 aliphatic heterocycles. The molecule has 15 heavy (non-hydrogen) atoms. The Balaban J connectivity index is 2.19. The minimum absolute atomic E-state index is 0.226. The van der Waals surface area contributed by atoms with E-state index in [4.69, 9.17) is 0 Å². The van der Waals surface area contributed by atoms with E-state index in [1.165, 1.54) is 0 Å². The predicted molar refractivity (Wildman–Crippen MR) is 60.8 cm³/mol. The van der Waals surface area contributed by atoms with Crippen LogP contribution < -0.4 is 0 Å². The molecule has 1 aromatic carbocycles. The maximum absolute atomic E-state index is 11.7. The normalized spacial score (nSPS) is 14.3. The van der Waals surface area contributed by atoms with Crippen molar-refractivity contribution in [3.8, 4) is 5.69 Å². The molecule has 74 valence electrons. The number of carbonyl (C=O) groups excluding carboxylic acids is 1. The molecular formula is C12H9NOS.